The van der Waals surface area contributed by atoms with Crippen molar-refractivity contribution in [1.29, 1.82) is 0 Å². The minimum Gasteiger partial charge on any atom is -0.265 e. The van der Waals surface area contributed by atoms with Crippen LogP contribution < -0.4 is 0 Å². The van der Waals surface area contributed by atoms with E-state index in [-0.39, 0.29) is 4.90 Å². The molecule has 0 saturated carbocycles. The van der Waals surface area contributed by atoms with Crippen molar-refractivity contribution in [1.82, 2.24) is 13.9 Å². The lowest BCUT2D eigenvalue weighted by Gasteiger charge is -2.09. The van der Waals surface area contributed by atoms with E-state index in [1.807, 2.05) is 43.3 Å². The van der Waals surface area contributed by atoms with E-state index in [4.69, 9.17) is 0 Å². The lowest BCUT2D eigenvalue weighted by Crippen LogP contribution is -2.14. The Balaban J connectivity index is 1.78. The minimum atomic E-state index is -3.79. The molecule has 5 nitrogen and oxygen atoms in total. The molecule has 0 saturated heterocycles. The van der Waals surface area contributed by atoms with Gasteiger partial charge < -0.3 is 0 Å². The van der Waals surface area contributed by atoms with E-state index in [2.05, 4.69) is 9.97 Å². The molecule has 0 aliphatic rings. The maximum Gasteiger partial charge on any atom is 0.269 e. The minimum absolute atomic E-state index is 0.230. The lowest BCUT2D eigenvalue weighted by atomic mass is 10.2. The van der Waals surface area contributed by atoms with Crippen LogP contribution in [0.25, 0.3) is 23.2 Å². The third-order valence-electron chi connectivity index (χ3n) is 4.45. The van der Waals surface area contributed by atoms with Gasteiger partial charge in [-0.3, -0.25) is 4.98 Å². The Morgan fingerprint density at radius 1 is 0.862 bits per heavy atom. The number of aryl methyl sites for hydroxylation is 1. The Morgan fingerprint density at radius 3 is 2.31 bits per heavy atom. The number of benzene rings is 2. The van der Waals surface area contributed by atoms with Gasteiger partial charge in [-0.1, -0.05) is 48.1 Å². The Hall–Kier alpha value is -3.51. The molecule has 0 amide bonds. The van der Waals surface area contributed by atoms with Crippen molar-refractivity contribution in [2.45, 2.75) is 11.8 Å². The summed E-state index contributed by atoms with van der Waals surface area (Å²) in [6.45, 7) is 1.92. The summed E-state index contributed by atoms with van der Waals surface area (Å²) in [4.78, 5) is 8.74. The van der Waals surface area contributed by atoms with Crippen molar-refractivity contribution >= 4 is 33.2 Å². The van der Waals surface area contributed by atoms with Gasteiger partial charge in [0, 0.05) is 12.4 Å². The first-order valence-corrected chi connectivity index (χ1v) is 10.5. The van der Waals surface area contributed by atoms with Crippen LogP contribution in [0.1, 0.15) is 17.0 Å². The molecule has 0 fully saturated rings. The van der Waals surface area contributed by atoms with Crippen LogP contribution in [-0.2, 0) is 10.0 Å². The first-order valence-electron chi connectivity index (χ1n) is 9.10. The first kappa shape index (κ1) is 18.8. The number of fused-ring (bicyclic) bond motifs is 1. The highest BCUT2D eigenvalue weighted by atomic mass is 32.2. The van der Waals surface area contributed by atoms with Crippen LogP contribution in [-0.4, -0.2) is 22.4 Å². The second kappa shape index (κ2) is 7.85. The van der Waals surface area contributed by atoms with E-state index in [0.29, 0.717) is 16.9 Å². The average Bonchev–Trinajstić information content (AvgIpc) is 3.11. The summed E-state index contributed by atoms with van der Waals surface area (Å²) in [6.07, 6.45) is 10.7. The van der Waals surface area contributed by atoms with Crippen molar-refractivity contribution in [2.75, 3.05) is 0 Å². The van der Waals surface area contributed by atoms with Crippen LogP contribution in [0.2, 0.25) is 0 Å². The molecule has 0 atom stereocenters. The van der Waals surface area contributed by atoms with Gasteiger partial charge in [0.2, 0.25) is 0 Å². The fraction of sp³-hybridized carbons (Fsp3) is 0.0435. The molecule has 2 aromatic carbocycles. The summed E-state index contributed by atoms with van der Waals surface area (Å²) >= 11 is 0. The van der Waals surface area contributed by atoms with Crippen LogP contribution in [0.15, 0.2) is 90.1 Å². The van der Waals surface area contributed by atoms with Crippen molar-refractivity contribution in [2.24, 2.45) is 0 Å². The fourth-order valence-electron chi connectivity index (χ4n) is 2.98. The number of hydrogen-bond acceptors (Lipinski definition) is 4. The molecule has 2 heterocycles. The van der Waals surface area contributed by atoms with E-state index in [1.165, 1.54) is 3.97 Å². The highest BCUT2D eigenvalue weighted by Crippen LogP contribution is 2.24. The van der Waals surface area contributed by atoms with Gasteiger partial charge in [-0.2, -0.15) is 0 Å². The van der Waals surface area contributed by atoms with Gasteiger partial charge in [0.15, 0.2) is 0 Å². The van der Waals surface area contributed by atoms with E-state index >= 15 is 0 Å². The molecular weight excluding hydrogens is 382 g/mol. The lowest BCUT2D eigenvalue weighted by molar-refractivity contribution is 0.588. The number of nitrogens with zero attached hydrogens (tertiary/aromatic N) is 3. The van der Waals surface area contributed by atoms with Crippen molar-refractivity contribution in [3.8, 4) is 0 Å². The van der Waals surface area contributed by atoms with Crippen molar-refractivity contribution in [3.05, 3.63) is 102 Å². The van der Waals surface area contributed by atoms with Crippen molar-refractivity contribution in [3.63, 3.8) is 0 Å². The number of allylic oxidation sites excluding steroid dienone is 2. The molecule has 4 rings (SSSR count). The van der Waals surface area contributed by atoms with Crippen LogP contribution in [0, 0.1) is 6.92 Å². The van der Waals surface area contributed by atoms with Crippen LogP contribution in [0.4, 0.5) is 0 Å². The van der Waals surface area contributed by atoms with Gasteiger partial charge in [0.05, 0.1) is 15.9 Å². The van der Waals surface area contributed by atoms with Gasteiger partial charge in [0.1, 0.15) is 5.82 Å². The highest BCUT2D eigenvalue weighted by Gasteiger charge is 2.22. The molecule has 6 heteroatoms. The zero-order valence-electron chi connectivity index (χ0n) is 15.8. The number of aromatic nitrogens is 3. The first-order chi connectivity index (χ1) is 14.1. The molecular formula is C23H19N3O2S. The van der Waals surface area contributed by atoms with E-state index in [1.54, 1.807) is 60.9 Å². The normalized spacial score (nSPS) is 12.3. The molecule has 0 aliphatic heterocycles. The maximum absolute atomic E-state index is 13.4. The number of pyridine rings is 1. The maximum atomic E-state index is 13.4. The number of hydrogen-bond donors (Lipinski definition) is 0. The summed E-state index contributed by atoms with van der Waals surface area (Å²) in [5.74, 6) is 0.353. The summed E-state index contributed by atoms with van der Waals surface area (Å²) in [5, 5.41) is 0. The van der Waals surface area contributed by atoms with Gasteiger partial charge in [-0.05, 0) is 55.0 Å². The fourth-order valence-corrected chi connectivity index (χ4v) is 4.43. The van der Waals surface area contributed by atoms with Crippen LogP contribution >= 0.6 is 0 Å². The van der Waals surface area contributed by atoms with E-state index < -0.39 is 10.0 Å². The molecule has 4 aromatic rings. The monoisotopic (exact) mass is 401 g/mol. The molecule has 0 radical (unpaired) electrons. The predicted molar refractivity (Wildman–Crippen MR) is 116 cm³/mol. The van der Waals surface area contributed by atoms with Gasteiger partial charge in [-0.25, -0.2) is 17.4 Å². The zero-order chi connectivity index (χ0) is 20.3. The Labute approximate surface area is 169 Å². The molecule has 0 unspecified atom stereocenters. The van der Waals surface area contributed by atoms with Gasteiger partial charge >= 0.3 is 0 Å². The molecule has 0 N–H and O–H groups in total. The molecule has 2 aromatic heterocycles. The summed E-state index contributed by atoms with van der Waals surface area (Å²) in [6, 6.07) is 17.8. The summed E-state index contributed by atoms with van der Waals surface area (Å²) < 4.78 is 28.0. The standard InChI is InChI=1S/C23H19N3O2S/c1-18-10-12-20(13-11-18)29(27,28)26-22-8-4-3-7-21(22)25-23(26)9-5-2-6-19-14-16-24-17-15-19/h2-17H,1H3/b6-2+,9-5+. The third kappa shape index (κ3) is 3.88. The van der Waals surface area contributed by atoms with E-state index in [9.17, 15) is 8.42 Å². The number of para-hydroxylation sites is 2. The number of rotatable bonds is 5. The summed E-state index contributed by atoms with van der Waals surface area (Å²) in [5.41, 5.74) is 3.18. The van der Waals surface area contributed by atoms with Crippen LogP contribution in [0.5, 0.6) is 0 Å². The van der Waals surface area contributed by atoms with Crippen molar-refractivity contribution < 1.29 is 8.42 Å². The average molecular weight is 401 g/mol. The van der Waals surface area contributed by atoms with Gasteiger partial charge in [-0.15, -0.1) is 0 Å². The number of imidazole rings is 1. The van der Waals surface area contributed by atoms with Gasteiger partial charge in [0.25, 0.3) is 10.0 Å². The predicted octanol–water partition coefficient (Wildman–Crippen LogP) is 4.70. The topological polar surface area (TPSA) is 64.8 Å². The van der Waals surface area contributed by atoms with Crippen LogP contribution in [0.3, 0.4) is 0 Å². The molecule has 0 bridgehead atoms. The zero-order valence-corrected chi connectivity index (χ0v) is 16.6. The second-order valence-corrected chi connectivity index (χ2v) is 8.33. The summed E-state index contributed by atoms with van der Waals surface area (Å²) in [7, 11) is -3.79. The molecule has 144 valence electrons. The largest absolute Gasteiger partial charge is 0.269 e. The van der Waals surface area contributed by atoms with E-state index in [0.717, 1.165) is 11.1 Å². The Kier molecular flexibility index (Phi) is 5.10. The third-order valence-corrected chi connectivity index (χ3v) is 6.19. The molecule has 0 spiro atoms. The Morgan fingerprint density at radius 2 is 1.55 bits per heavy atom. The highest BCUT2D eigenvalue weighted by molar-refractivity contribution is 7.90. The Bertz CT molecular complexity index is 1300. The SMILES string of the molecule is Cc1ccc(S(=O)(=O)n2c(/C=C/C=C/c3ccncc3)nc3ccccc32)cc1. The quantitative estimate of drug-likeness (QED) is 0.455. The molecule has 29 heavy (non-hydrogen) atoms. The molecule has 0 aliphatic carbocycles. The second-order valence-electron chi connectivity index (χ2n) is 6.54. The smallest absolute Gasteiger partial charge is 0.265 e.